The number of amides is 1. The van der Waals surface area contributed by atoms with Crippen molar-refractivity contribution >= 4 is 15.9 Å². The van der Waals surface area contributed by atoms with Crippen LogP contribution in [0.25, 0.3) is 0 Å². The van der Waals surface area contributed by atoms with Gasteiger partial charge in [-0.05, 0) is 44.0 Å². The zero-order valence-electron chi connectivity index (χ0n) is 14.5. The molecule has 1 aromatic rings. The highest BCUT2D eigenvalue weighted by molar-refractivity contribution is 7.89. The number of nitrogens with one attached hydrogen (secondary N) is 1. The van der Waals surface area contributed by atoms with Gasteiger partial charge >= 0.3 is 0 Å². The van der Waals surface area contributed by atoms with Gasteiger partial charge in [0, 0.05) is 31.7 Å². The Hall–Kier alpha value is -1.48. The number of hydrogen-bond donors (Lipinski definition) is 2. The molecule has 25 heavy (non-hydrogen) atoms. The molecule has 3 N–H and O–H groups in total. The maximum Gasteiger partial charge on any atom is 0.238 e. The minimum Gasteiger partial charge on any atom is -0.351 e. The highest BCUT2D eigenvalue weighted by Gasteiger charge is 2.34. The Morgan fingerprint density at radius 1 is 1.28 bits per heavy atom. The molecule has 2 fully saturated rings. The molecule has 1 aromatic carbocycles. The first-order valence-corrected chi connectivity index (χ1v) is 10.2. The van der Waals surface area contributed by atoms with Crippen LogP contribution in [0.1, 0.15) is 25.3 Å². The highest BCUT2D eigenvalue weighted by Crippen LogP contribution is 2.24. The van der Waals surface area contributed by atoms with E-state index < -0.39 is 10.0 Å². The molecule has 0 saturated carbocycles. The van der Waals surface area contributed by atoms with Crippen LogP contribution in [-0.2, 0) is 21.4 Å². The second kappa shape index (κ2) is 7.41. The molecule has 2 saturated heterocycles. The van der Waals surface area contributed by atoms with E-state index in [1.165, 1.54) is 31.5 Å². The molecular weight excluding hydrogens is 340 g/mol. The summed E-state index contributed by atoms with van der Waals surface area (Å²) in [5.41, 5.74) is 0.842. The maximum absolute atomic E-state index is 12.3. The third-order valence-corrected chi connectivity index (χ3v) is 6.08. The lowest BCUT2D eigenvalue weighted by atomic mass is 10.1. The van der Waals surface area contributed by atoms with Crippen LogP contribution in [0.2, 0.25) is 0 Å². The van der Waals surface area contributed by atoms with Crippen LogP contribution in [0.5, 0.6) is 0 Å². The van der Waals surface area contributed by atoms with Gasteiger partial charge in [0.1, 0.15) is 0 Å². The lowest BCUT2D eigenvalue weighted by molar-refractivity contribution is -0.123. The number of benzene rings is 1. The quantitative estimate of drug-likeness (QED) is 0.772. The van der Waals surface area contributed by atoms with Crippen molar-refractivity contribution in [1.82, 2.24) is 15.1 Å². The first-order valence-electron chi connectivity index (χ1n) is 8.69. The number of rotatable bonds is 5. The molecule has 1 amide bonds. The summed E-state index contributed by atoms with van der Waals surface area (Å²) in [5.74, 6) is -0.00572. The van der Waals surface area contributed by atoms with E-state index in [1.54, 1.807) is 12.1 Å². The third kappa shape index (κ3) is 4.58. The Morgan fingerprint density at radius 2 is 2.00 bits per heavy atom. The van der Waals surface area contributed by atoms with E-state index in [1.807, 2.05) is 0 Å². The largest absolute Gasteiger partial charge is 0.351 e. The predicted octanol–water partition coefficient (Wildman–Crippen LogP) is 0.119. The van der Waals surface area contributed by atoms with Gasteiger partial charge in [0.25, 0.3) is 0 Å². The third-order valence-electron chi connectivity index (χ3n) is 5.15. The number of primary sulfonamides is 1. The van der Waals surface area contributed by atoms with Gasteiger partial charge in [-0.15, -0.1) is 0 Å². The normalized spacial score (nSPS) is 24.9. The summed E-state index contributed by atoms with van der Waals surface area (Å²) in [6.45, 7) is 6.13. The second-order valence-electron chi connectivity index (χ2n) is 7.04. The SMILES string of the molecule is C[C@@H]1CN2CCC[C@@H]2CN1CC(=O)NCc1ccc(S(N)(=O)=O)cc1. The van der Waals surface area contributed by atoms with Crippen molar-refractivity contribution in [1.29, 1.82) is 0 Å². The Morgan fingerprint density at radius 3 is 2.68 bits per heavy atom. The van der Waals surface area contributed by atoms with Crippen LogP contribution in [0.3, 0.4) is 0 Å². The summed E-state index contributed by atoms with van der Waals surface area (Å²) in [6.07, 6.45) is 2.48. The fraction of sp³-hybridized carbons (Fsp3) is 0.588. The molecular formula is C17H26N4O3S. The van der Waals surface area contributed by atoms with Crippen molar-refractivity contribution in [2.75, 3.05) is 26.2 Å². The van der Waals surface area contributed by atoms with Gasteiger partial charge < -0.3 is 5.32 Å². The van der Waals surface area contributed by atoms with Crippen molar-refractivity contribution in [2.24, 2.45) is 5.14 Å². The number of hydrogen-bond acceptors (Lipinski definition) is 5. The van der Waals surface area contributed by atoms with Crippen molar-refractivity contribution in [3.05, 3.63) is 29.8 Å². The molecule has 0 radical (unpaired) electrons. The summed E-state index contributed by atoms with van der Waals surface area (Å²) in [5, 5.41) is 7.99. The smallest absolute Gasteiger partial charge is 0.238 e. The zero-order chi connectivity index (χ0) is 18.0. The molecule has 0 aliphatic carbocycles. The average molecular weight is 366 g/mol. The van der Waals surface area contributed by atoms with E-state index >= 15 is 0 Å². The van der Waals surface area contributed by atoms with Crippen molar-refractivity contribution in [3.63, 3.8) is 0 Å². The van der Waals surface area contributed by atoms with Gasteiger partial charge in [-0.2, -0.15) is 0 Å². The fourth-order valence-electron chi connectivity index (χ4n) is 3.71. The van der Waals surface area contributed by atoms with E-state index in [4.69, 9.17) is 5.14 Å². The number of carbonyl (C=O) groups is 1. The lowest BCUT2D eigenvalue weighted by Crippen LogP contribution is -2.56. The number of piperazine rings is 1. The number of sulfonamides is 1. The predicted molar refractivity (Wildman–Crippen MR) is 95.3 cm³/mol. The van der Waals surface area contributed by atoms with Crippen LogP contribution < -0.4 is 10.5 Å². The molecule has 2 aliphatic rings. The second-order valence-corrected chi connectivity index (χ2v) is 8.60. The van der Waals surface area contributed by atoms with Gasteiger partial charge in [-0.1, -0.05) is 12.1 Å². The standard InChI is InChI=1S/C17H26N4O3S/c1-13-10-20-8-2-3-15(20)11-21(13)12-17(22)19-9-14-4-6-16(7-5-14)25(18,23)24/h4-7,13,15H,2-3,8-12H2,1H3,(H,19,22)(H2,18,23,24)/t13-,15-/m1/s1. The van der Waals surface area contributed by atoms with E-state index in [-0.39, 0.29) is 10.8 Å². The molecule has 0 aromatic heterocycles. The number of carbonyl (C=O) groups excluding carboxylic acids is 1. The number of fused-ring (bicyclic) bond motifs is 1. The topological polar surface area (TPSA) is 95.7 Å². The van der Waals surface area contributed by atoms with Crippen molar-refractivity contribution in [2.45, 2.75) is 43.3 Å². The van der Waals surface area contributed by atoms with E-state index in [0.29, 0.717) is 25.2 Å². The molecule has 0 unspecified atom stereocenters. The Balaban J connectivity index is 1.49. The molecule has 3 rings (SSSR count). The van der Waals surface area contributed by atoms with Gasteiger partial charge in [0.15, 0.2) is 0 Å². The number of nitrogens with zero attached hydrogens (tertiary/aromatic N) is 2. The van der Waals surface area contributed by atoms with Gasteiger partial charge in [-0.3, -0.25) is 14.6 Å². The summed E-state index contributed by atoms with van der Waals surface area (Å²) in [7, 11) is -3.68. The minimum atomic E-state index is -3.68. The van der Waals surface area contributed by atoms with Crippen LogP contribution in [-0.4, -0.2) is 62.4 Å². The van der Waals surface area contributed by atoms with Crippen LogP contribution in [0, 0.1) is 0 Å². The lowest BCUT2D eigenvalue weighted by Gasteiger charge is -2.41. The molecule has 0 spiro atoms. The van der Waals surface area contributed by atoms with Crippen molar-refractivity contribution < 1.29 is 13.2 Å². The summed E-state index contributed by atoms with van der Waals surface area (Å²) >= 11 is 0. The van der Waals surface area contributed by atoms with E-state index in [9.17, 15) is 13.2 Å². The summed E-state index contributed by atoms with van der Waals surface area (Å²) in [4.78, 5) is 17.1. The Labute approximate surface area is 149 Å². The summed E-state index contributed by atoms with van der Waals surface area (Å²) < 4.78 is 22.5. The first-order chi connectivity index (χ1) is 11.8. The zero-order valence-corrected chi connectivity index (χ0v) is 15.3. The molecule has 0 bridgehead atoms. The van der Waals surface area contributed by atoms with E-state index in [0.717, 1.165) is 18.7 Å². The number of nitrogens with two attached hydrogens (primary N) is 1. The van der Waals surface area contributed by atoms with E-state index in [2.05, 4.69) is 22.0 Å². The van der Waals surface area contributed by atoms with Gasteiger partial charge in [-0.25, -0.2) is 13.6 Å². The fourth-order valence-corrected chi connectivity index (χ4v) is 4.22. The summed E-state index contributed by atoms with van der Waals surface area (Å²) in [6, 6.07) is 7.22. The first kappa shape index (κ1) is 18.3. The molecule has 2 aliphatic heterocycles. The average Bonchev–Trinajstić information content (AvgIpc) is 3.00. The molecule has 138 valence electrons. The van der Waals surface area contributed by atoms with Crippen LogP contribution >= 0.6 is 0 Å². The monoisotopic (exact) mass is 366 g/mol. The van der Waals surface area contributed by atoms with Gasteiger partial charge in [0.2, 0.25) is 15.9 Å². The molecule has 2 atom stereocenters. The van der Waals surface area contributed by atoms with Crippen LogP contribution in [0.15, 0.2) is 29.2 Å². The van der Waals surface area contributed by atoms with Crippen molar-refractivity contribution in [3.8, 4) is 0 Å². The molecule has 2 heterocycles. The molecule has 8 heteroatoms. The maximum atomic E-state index is 12.3. The Kier molecular flexibility index (Phi) is 5.43. The minimum absolute atomic E-state index is 0.00572. The highest BCUT2D eigenvalue weighted by atomic mass is 32.2. The van der Waals surface area contributed by atoms with Crippen LogP contribution in [0.4, 0.5) is 0 Å². The Bertz CT molecular complexity index is 720. The molecule has 7 nitrogen and oxygen atoms in total. The van der Waals surface area contributed by atoms with Gasteiger partial charge in [0.05, 0.1) is 11.4 Å².